The molecule has 0 aliphatic carbocycles. The third-order valence-electron chi connectivity index (χ3n) is 2.39. The van der Waals surface area contributed by atoms with E-state index in [-0.39, 0.29) is 13.0 Å². The Hall–Kier alpha value is -1.34. The molecule has 1 saturated heterocycles. The van der Waals surface area contributed by atoms with Gasteiger partial charge in [0.15, 0.2) is 0 Å². The number of nitrogens with zero attached hydrogens (tertiary/aromatic N) is 2. The molecule has 1 aliphatic heterocycles. The minimum Gasteiger partial charge on any atom is -0.465 e. The maximum atomic E-state index is 11.6. The highest BCUT2D eigenvalue weighted by Crippen LogP contribution is 2.19. The van der Waals surface area contributed by atoms with Gasteiger partial charge in [0, 0.05) is 13.5 Å². The predicted octanol–water partition coefficient (Wildman–Crippen LogP) is -0.881. The Labute approximate surface area is 86.8 Å². The first-order valence-electron chi connectivity index (χ1n) is 4.46. The van der Waals surface area contributed by atoms with Crippen LogP contribution < -0.4 is 0 Å². The highest BCUT2D eigenvalue weighted by atomic mass is 16.7. The number of hydroxylamine groups is 2. The average molecular weight is 218 g/mol. The fraction of sp³-hybridized carbons (Fsp3) is 0.750. The third kappa shape index (κ3) is 2.37. The molecule has 0 unspecified atom stereocenters. The van der Waals surface area contributed by atoms with E-state index in [1.54, 1.807) is 0 Å². The molecule has 0 spiro atoms. The van der Waals surface area contributed by atoms with Crippen molar-refractivity contribution in [1.29, 1.82) is 0 Å². The van der Waals surface area contributed by atoms with Crippen molar-refractivity contribution in [3.63, 3.8) is 0 Å². The second-order valence-corrected chi connectivity index (χ2v) is 3.36. The zero-order valence-electron chi connectivity index (χ0n) is 8.58. The van der Waals surface area contributed by atoms with Gasteiger partial charge in [-0.25, -0.2) is 9.86 Å². The molecule has 1 heterocycles. The van der Waals surface area contributed by atoms with Crippen LogP contribution in [0.5, 0.6) is 0 Å². The summed E-state index contributed by atoms with van der Waals surface area (Å²) in [7, 11) is 2.71. The van der Waals surface area contributed by atoms with Crippen LogP contribution in [0.2, 0.25) is 0 Å². The van der Waals surface area contributed by atoms with Gasteiger partial charge in [-0.1, -0.05) is 0 Å². The lowest BCUT2D eigenvalue weighted by atomic mass is 10.2. The van der Waals surface area contributed by atoms with Crippen LogP contribution in [0.4, 0.5) is 4.79 Å². The van der Waals surface area contributed by atoms with Gasteiger partial charge in [0.05, 0.1) is 19.8 Å². The topological polar surface area (TPSA) is 90.3 Å². The highest BCUT2D eigenvalue weighted by Gasteiger charge is 2.40. The molecule has 0 radical (unpaired) electrons. The van der Waals surface area contributed by atoms with Crippen LogP contribution in [0.3, 0.4) is 0 Å². The Morgan fingerprint density at radius 1 is 1.53 bits per heavy atom. The summed E-state index contributed by atoms with van der Waals surface area (Å²) in [4.78, 5) is 28.0. The molecule has 0 saturated carbocycles. The maximum Gasteiger partial charge on any atom is 0.408 e. The van der Waals surface area contributed by atoms with Crippen molar-refractivity contribution in [2.24, 2.45) is 0 Å². The molecule has 7 nitrogen and oxygen atoms in total. The molecule has 0 aromatic carbocycles. The first kappa shape index (κ1) is 11.7. The minimum absolute atomic E-state index is 0.0384. The fourth-order valence-electron chi connectivity index (χ4n) is 1.56. The molecule has 0 aromatic heterocycles. The van der Waals surface area contributed by atoms with Crippen molar-refractivity contribution >= 4 is 12.0 Å². The molecule has 86 valence electrons. The second kappa shape index (κ2) is 4.45. The Morgan fingerprint density at radius 3 is 2.60 bits per heavy atom. The first-order valence-corrected chi connectivity index (χ1v) is 4.46. The SMILES string of the molecule is CON(C)C(=O)[C@H]1C[C@@H](O)CN1C(=O)O. The molecular formula is C8H14N2O5. The van der Waals surface area contributed by atoms with E-state index in [1.165, 1.54) is 14.2 Å². The number of aliphatic hydroxyl groups is 1. The smallest absolute Gasteiger partial charge is 0.408 e. The van der Waals surface area contributed by atoms with E-state index in [1.807, 2.05) is 0 Å². The molecule has 0 aromatic rings. The van der Waals surface area contributed by atoms with Gasteiger partial charge >= 0.3 is 6.09 Å². The summed E-state index contributed by atoms with van der Waals surface area (Å²) >= 11 is 0. The van der Waals surface area contributed by atoms with E-state index in [0.717, 1.165) is 9.96 Å². The Bertz CT molecular complexity index is 270. The molecule has 1 rings (SSSR count). The summed E-state index contributed by atoms with van der Waals surface area (Å²) in [5, 5.41) is 19.1. The first-order chi connectivity index (χ1) is 6.97. The predicted molar refractivity (Wildman–Crippen MR) is 48.9 cm³/mol. The molecule has 2 atom stereocenters. The summed E-state index contributed by atoms with van der Waals surface area (Å²) in [5.74, 6) is -0.476. The van der Waals surface area contributed by atoms with Gasteiger partial charge in [0.1, 0.15) is 6.04 Å². The van der Waals surface area contributed by atoms with Crippen LogP contribution in [-0.2, 0) is 9.63 Å². The molecular weight excluding hydrogens is 204 g/mol. The van der Waals surface area contributed by atoms with E-state index < -0.39 is 24.1 Å². The van der Waals surface area contributed by atoms with E-state index in [2.05, 4.69) is 4.84 Å². The number of hydrogen-bond donors (Lipinski definition) is 2. The number of carbonyl (C=O) groups excluding carboxylic acids is 1. The number of hydrogen-bond acceptors (Lipinski definition) is 4. The minimum atomic E-state index is -1.21. The second-order valence-electron chi connectivity index (χ2n) is 3.36. The summed E-state index contributed by atoms with van der Waals surface area (Å²) in [5.41, 5.74) is 0. The monoisotopic (exact) mass is 218 g/mol. The van der Waals surface area contributed by atoms with E-state index in [9.17, 15) is 14.7 Å². The van der Waals surface area contributed by atoms with Crippen LogP contribution in [0.15, 0.2) is 0 Å². The zero-order chi connectivity index (χ0) is 11.6. The van der Waals surface area contributed by atoms with Crippen LogP contribution in [0.1, 0.15) is 6.42 Å². The van der Waals surface area contributed by atoms with Crippen LogP contribution in [0, 0.1) is 0 Å². The van der Waals surface area contributed by atoms with Gasteiger partial charge in [0.2, 0.25) is 0 Å². The van der Waals surface area contributed by atoms with Gasteiger partial charge in [-0.15, -0.1) is 0 Å². The molecule has 0 bridgehead atoms. The van der Waals surface area contributed by atoms with Gasteiger partial charge in [-0.3, -0.25) is 14.5 Å². The number of β-amino-alcohol motifs (C(OH)–C–C–N with tert-alkyl or cyclic N) is 1. The number of likely N-dealkylation sites (tertiary alicyclic amines) is 1. The van der Waals surface area contributed by atoms with E-state index >= 15 is 0 Å². The summed E-state index contributed by atoms with van der Waals surface area (Å²) in [6.45, 7) is -0.0384. The molecule has 1 aliphatic rings. The van der Waals surface area contributed by atoms with Crippen molar-refractivity contribution in [2.75, 3.05) is 20.7 Å². The third-order valence-corrected chi connectivity index (χ3v) is 2.39. The summed E-state index contributed by atoms with van der Waals surface area (Å²) in [6.07, 6.45) is -1.89. The van der Waals surface area contributed by atoms with Crippen molar-refractivity contribution in [2.45, 2.75) is 18.6 Å². The van der Waals surface area contributed by atoms with Gasteiger partial charge < -0.3 is 10.2 Å². The van der Waals surface area contributed by atoms with Gasteiger partial charge in [-0.05, 0) is 0 Å². The number of carbonyl (C=O) groups is 2. The van der Waals surface area contributed by atoms with Crippen molar-refractivity contribution in [1.82, 2.24) is 9.96 Å². The van der Waals surface area contributed by atoms with Crippen molar-refractivity contribution < 1.29 is 24.6 Å². The van der Waals surface area contributed by atoms with Gasteiger partial charge in [0.25, 0.3) is 5.91 Å². The normalized spacial score (nSPS) is 25.4. The van der Waals surface area contributed by atoms with Crippen LogP contribution in [-0.4, -0.2) is 65.0 Å². The van der Waals surface area contributed by atoms with Crippen LogP contribution in [0.25, 0.3) is 0 Å². The lowest BCUT2D eigenvalue weighted by Crippen LogP contribution is -2.45. The molecule has 15 heavy (non-hydrogen) atoms. The highest BCUT2D eigenvalue weighted by molar-refractivity contribution is 5.85. The van der Waals surface area contributed by atoms with E-state index in [0.29, 0.717) is 0 Å². The summed E-state index contributed by atoms with van der Waals surface area (Å²) in [6, 6.07) is -0.859. The lowest BCUT2D eigenvalue weighted by molar-refractivity contribution is -0.173. The maximum absolute atomic E-state index is 11.6. The largest absolute Gasteiger partial charge is 0.465 e. The Kier molecular flexibility index (Phi) is 3.48. The van der Waals surface area contributed by atoms with Crippen molar-refractivity contribution in [3.05, 3.63) is 0 Å². The number of amides is 2. The quantitative estimate of drug-likeness (QED) is 0.587. The Morgan fingerprint density at radius 2 is 2.13 bits per heavy atom. The summed E-state index contributed by atoms with van der Waals surface area (Å²) < 4.78 is 0. The molecule has 7 heteroatoms. The average Bonchev–Trinajstić information content (AvgIpc) is 2.58. The molecule has 2 N–H and O–H groups in total. The number of aliphatic hydroxyl groups excluding tert-OH is 1. The Balaban J connectivity index is 2.75. The number of carboxylic acid groups (broad SMARTS) is 1. The molecule has 2 amide bonds. The zero-order valence-corrected chi connectivity index (χ0v) is 8.58. The van der Waals surface area contributed by atoms with Gasteiger partial charge in [-0.2, -0.15) is 0 Å². The standard InChI is InChI=1S/C8H14N2O5/c1-9(15-2)7(12)6-3-5(11)4-10(6)8(13)14/h5-6,11H,3-4H2,1-2H3,(H,13,14)/t5-,6-/m1/s1. The van der Waals surface area contributed by atoms with Crippen LogP contribution >= 0.6 is 0 Å². The number of likely N-dealkylation sites (N-methyl/N-ethyl adjacent to an activating group) is 1. The number of rotatable bonds is 2. The van der Waals surface area contributed by atoms with E-state index in [4.69, 9.17) is 5.11 Å². The lowest BCUT2D eigenvalue weighted by Gasteiger charge is -2.23. The van der Waals surface area contributed by atoms with Crippen molar-refractivity contribution in [3.8, 4) is 0 Å². The molecule has 1 fully saturated rings. The fourth-order valence-corrected chi connectivity index (χ4v) is 1.56.